The van der Waals surface area contributed by atoms with Gasteiger partial charge in [-0.3, -0.25) is 4.98 Å². The molecule has 0 aromatic carbocycles. The molecule has 1 aliphatic heterocycles. The molecule has 0 aliphatic carbocycles. The molecular formula is C11H15FN4. The highest BCUT2D eigenvalue weighted by molar-refractivity contribution is 5.67. The third kappa shape index (κ3) is 1.80. The first kappa shape index (κ1) is 10.7. The number of nitrogens with zero attached hydrogens (tertiary/aromatic N) is 3. The predicted octanol–water partition coefficient (Wildman–Crippen LogP) is 1.07. The Kier molecular flexibility index (Phi) is 2.68. The number of rotatable bonds is 1. The van der Waals surface area contributed by atoms with Gasteiger partial charge in [-0.25, -0.2) is 4.39 Å². The Bertz CT molecular complexity index is 398. The maximum atomic E-state index is 13.6. The molecule has 0 spiro atoms. The minimum absolute atomic E-state index is 0.373. The molecule has 1 fully saturated rings. The fourth-order valence-corrected chi connectivity index (χ4v) is 1.82. The van der Waals surface area contributed by atoms with E-state index < -0.39 is 0 Å². The van der Waals surface area contributed by atoms with E-state index in [1.54, 1.807) is 0 Å². The molecule has 2 rings (SSSR count). The van der Waals surface area contributed by atoms with E-state index in [0.717, 1.165) is 18.8 Å². The standard InChI is InChI=1S/C11H15FN4/c1-8-7-16(4-3-15(8)2)11-9(12)5-14-6-10(11)13/h5-6H,1,3-4,7,13H2,2H3. The number of nitrogens with two attached hydrogens (primary N) is 1. The van der Waals surface area contributed by atoms with Crippen molar-refractivity contribution in [1.82, 2.24) is 9.88 Å². The van der Waals surface area contributed by atoms with Crippen LogP contribution >= 0.6 is 0 Å². The molecule has 1 aromatic rings. The molecule has 16 heavy (non-hydrogen) atoms. The Morgan fingerprint density at radius 3 is 2.81 bits per heavy atom. The lowest BCUT2D eigenvalue weighted by molar-refractivity contribution is 0.381. The number of nitrogen functional groups attached to an aromatic ring is 1. The molecule has 1 aliphatic rings. The van der Waals surface area contributed by atoms with Gasteiger partial charge in [0, 0.05) is 25.8 Å². The Morgan fingerprint density at radius 2 is 2.19 bits per heavy atom. The Hall–Kier alpha value is -1.78. The first-order chi connectivity index (χ1) is 7.59. The van der Waals surface area contributed by atoms with E-state index in [9.17, 15) is 4.39 Å². The van der Waals surface area contributed by atoms with Crippen molar-refractivity contribution in [3.8, 4) is 0 Å². The van der Waals surface area contributed by atoms with E-state index in [4.69, 9.17) is 5.73 Å². The summed E-state index contributed by atoms with van der Waals surface area (Å²) in [4.78, 5) is 7.67. The molecule has 0 radical (unpaired) electrons. The molecule has 0 atom stereocenters. The van der Waals surface area contributed by atoms with Gasteiger partial charge in [-0.05, 0) is 0 Å². The van der Waals surface area contributed by atoms with Gasteiger partial charge in [0.1, 0.15) is 0 Å². The molecule has 2 N–H and O–H groups in total. The minimum atomic E-state index is -0.377. The molecule has 1 saturated heterocycles. The first-order valence-electron chi connectivity index (χ1n) is 5.12. The molecule has 2 heterocycles. The zero-order valence-corrected chi connectivity index (χ0v) is 9.28. The number of hydrogen-bond acceptors (Lipinski definition) is 4. The SMILES string of the molecule is C=C1CN(c2c(N)cncc2F)CCN1C. The molecule has 0 bridgehead atoms. The van der Waals surface area contributed by atoms with Crippen LogP contribution in [0.3, 0.4) is 0 Å². The lowest BCUT2D eigenvalue weighted by atomic mass is 10.2. The fourth-order valence-electron chi connectivity index (χ4n) is 1.82. The van der Waals surface area contributed by atoms with Crippen LogP contribution in [0.1, 0.15) is 0 Å². The molecule has 86 valence electrons. The van der Waals surface area contributed by atoms with E-state index >= 15 is 0 Å². The monoisotopic (exact) mass is 222 g/mol. The highest BCUT2D eigenvalue weighted by atomic mass is 19.1. The highest BCUT2D eigenvalue weighted by Crippen LogP contribution is 2.27. The van der Waals surface area contributed by atoms with Gasteiger partial charge < -0.3 is 15.5 Å². The number of anilines is 2. The average molecular weight is 222 g/mol. The van der Waals surface area contributed by atoms with E-state index in [-0.39, 0.29) is 5.82 Å². The summed E-state index contributed by atoms with van der Waals surface area (Å²) >= 11 is 0. The normalized spacial score (nSPS) is 16.8. The summed E-state index contributed by atoms with van der Waals surface area (Å²) in [5.74, 6) is -0.377. The van der Waals surface area contributed by atoms with Crippen molar-refractivity contribution >= 4 is 11.4 Å². The van der Waals surface area contributed by atoms with Gasteiger partial charge in [-0.2, -0.15) is 0 Å². The summed E-state index contributed by atoms with van der Waals surface area (Å²) < 4.78 is 13.6. The summed E-state index contributed by atoms with van der Waals surface area (Å²) in [5, 5.41) is 0. The Balaban J connectivity index is 2.28. The van der Waals surface area contributed by atoms with Crippen molar-refractivity contribution in [1.29, 1.82) is 0 Å². The van der Waals surface area contributed by atoms with Gasteiger partial charge in [0.25, 0.3) is 0 Å². The van der Waals surface area contributed by atoms with Crippen molar-refractivity contribution < 1.29 is 4.39 Å². The van der Waals surface area contributed by atoms with E-state index in [1.807, 2.05) is 11.9 Å². The second-order valence-electron chi connectivity index (χ2n) is 3.97. The third-order valence-electron chi connectivity index (χ3n) is 2.84. The highest BCUT2D eigenvalue weighted by Gasteiger charge is 2.21. The van der Waals surface area contributed by atoms with Gasteiger partial charge in [-0.1, -0.05) is 6.58 Å². The summed E-state index contributed by atoms with van der Waals surface area (Å²) in [7, 11) is 1.98. The van der Waals surface area contributed by atoms with E-state index in [2.05, 4.69) is 16.5 Å². The maximum absolute atomic E-state index is 13.6. The summed E-state index contributed by atoms with van der Waals surface area (Å²) in [6, 6.07) is 0. The van der Waals surface area contributed by atoms with Crippen LogP contribution < -0.4 is 10.6 Å². The molecular weight excluding hydrogens is 207 g/mol. The van der Waals surface area contributed by atoms with Gasteiger partial charge in [0.05, 0.1) is 30.3 Å². The summed E-state index contributed by atoms with van der Waals surface area (Å²) in [6.07, 6.45) is 2.66. The molecule has 0 saturated carbocycles. The second-order valence-corrected chi connectivity index (χ2v) is 3.97. The topological polar surface area (TPSA) is 45.4 Å². The minimum Gasteiger partial charge on any atom is -0.396 e. The predicted molar refractivity (Wildman–Crippen MR) is 62.6 cm³/mol. The van der Waals surface area contributed by atoms with Crippen LogP contribution in [0.4, 0.5) is 15.8 Å². The van der Waals surface area contributed by atoms with Gasteiger partial charge in [0.15, 0.2) is 5.82 Å². The van der Waals surface area contributed by atoms with Crippen molar-refractivity contribution in [2.75, 3.05) is 37.3 Å². The molecule has 5 heteroatoms. The number of likely N-dealkylation sites (N-methyl/N-ethyl adjacent to an activating group) is 1. The van der Waals surface area contributed by atoms with Crippen LogP contribution in [0.25, 0.3) is 0 Å². The second kappa shape index (κ2) is 4.00. The first-order valence-corrected chi connectivity index (χ1v) is 5.12. The number of piperazine rings is 1. The van der Waals surface area contributed by atoms with E-state index in [0.29, 0.717) is 17.9 Å². The van der Waals surface area contributed by atoms with Crippen molar-refractivity contribution in [3.63, 3.8) is 0 Å². The van der Waals surface area contributed by atoms with Gasteiger partial charge in [0.2, 0.25) is 0 Å². The third-order valence-corrected chi connectivity index (χ3v) is 2.84. The number of hydrogen-bond donors (Lipinski definition) is 1. The van der Waals surface area contributed by atoms with Crippen molar-refractivity contribution in [2.24, 2.45) is 0 Å². The number of pyridine rings is 1. The summed E-state index contributed by atoms with van der Waals surface area (Å²) in [5.41, 5.74) is 7.51. The molecule has 0 amide bonds. The Morgan fingerprint density at radius 1 is 1.44 bits per heavy atom. The van der Waals surface area contributed by atoms with Gasteiger partial charge in [-0.15, -0.1) is 0 Å². The van der Waals surface area contributed by atoms with Crippen molar-refractivity contribution in [3.05, 3.63) is 30.5 Å². The lowest BCUT2D eigenvalue weighted by Crippen LogP contribution is -2.43. The number of halogens is 1. The molecule has 0 unspecified atom stereocenters. The maximum Gasteiger partial charge on any atom is 0.166 e. The van der Waals surface area contributed by atoms with E-state index in [1.165, 1.54) is 12.4 Å². The van der Waals surface area contributed by atoms with Crippen molar-refractivity contribution in [2.45, 2.75) is 0 Å². The average Bonchev–Trinajstić information content (AvgIpc) is 2.23. The number of aromatic nitrogens is 1. The zero-order chi connectivity index (χ0) is 11.7. The fraction of sp³-hybridized carbons (Fsp3) is 0.364. The van der Waals surface area contributed by atoms with Crippen LogP contribution in [0.15, 0.2) is 24.7 Å². The summed E-state index contributed by atoms with van der Waals surface area (Å²) in [6.45, 7) is 6.09. The Labute approximate surface area is 94.2 Å². The van der Waals surface area contributed by atoms with Crippen LogP contribution in [0.2, 0.25) is 0 Å². The largest absolute Gasteiger partial charge is 0.396 e. The van der Waals surface area contributed by atoms with Crippen LogP contribution in [-0.4, -0.2) is 36.6 Å². The van der Waals surface area contributed by atoms with Crippen LogP contribution in [-0.2, 0) is 0 Å². The zero-order valence-electron chi connectivity index (χ0n) is 9.28. The lowest BCUT2D eigenvalue weighted by Gasteiger charge is -2.37. The van der Waals surface area contributed by atoms with Gasteiger partial charge >= 0.3 is 0 Å². The van der Waals surface area contributed by atoms with Crippen LogP contribution in [0, 0.1) is 5.82 Å². The molecule has 4 nitrogen and oxygen atoms in total. The smallest absolute Gasteiger partial charge is 0.166 e. The quantitative estimate of drug-likeness (QED) is 0.772. The molecule has 1 aromatic heterocycles. The van der Waals surface area contributed by atoms with Crippen LogP contribution in [0.5, 0.6) is 0 Å².